The van der Waals surface area contributed by atoms with Gasteiger partial charge in [0.1, 0.15) is 0 Å². The van der Waals surface area contributed by atoms with Gasteiger partial charge >= 0.3 is 0 Å². The van der Waals surface area contributed by atoms with E-state index in [-0.39, 0.29) is 11.9 Å². The van der Waals surface area contributed by atoms with Gasteiger partial charge in [0.2, 0.25) is 5.91 Å². The SMILES string of the molecule is CC(=O)NC1CCN(C(CN)c2ccc(C)s2)C1. The van der Waals surface area contributed by atoms with Gasteiger partial charge in [0.25, 0.3) is 0 Å². The van der Waals surface area contributed by atoms with E-state index in [1.165, 1.54) is 9.75 Å². The van der Waals surface area contributed by atoms with Gasteiger partial charge in [-0.2, -0.15) is 0 Å². The molecular weight excluding hydrogens is 246 g/mol. The largest absolute Gasteiger partial charge is 0.352 e. The number of carbonyl (C=O) groups excluding carboxylic acids is 1. The summed E-state index contributed by atoms with van der Waals surface area (Å²) in [7, 11) is 0. The molecule has 0 spiro atoms. The lowest BCUT2D eigenvalue weighted by Crippen LogP contribution is -2.37. The first kappa shape index (κ1) is 13.5. The zero-order valence-corrected chi connectivity index (χ0v) is 11.8. The van der Waals surface area contributed by atoms with Gasteiger partial charge in [-0.15, -0.1) is 11.3 Å². The van der Waals surface area contributed by atoms with Crippen molar-refractivity contribution in [3.05, 3.63) is 21.9 Å². The van der Waals surface area contributed by atoms with Crippen LogP contribution in [0.3, 0.4) is 0 Å². The highest BCUT2D eigenvalue weighted by Gasteiger charge is 2.29. The molecular formula is C13H21N3OS. The van der Waals surface area contributed by atoms with Crippen molar-refractivity contribution in [2.75, 3.05) is 19.6 Å². The Bertz CT molecular complexity index is 418. The number of likely N-dealkylation sites (tertiary alicyclic amines) is 1. The molecule has 1 aliphatic rings. The first-order chi connectivity index (χ1) is 8.60. The van der Waals surface area contributed by atoms with Crippen LogP contribution in [0.15, 0.2) is 12.1 Å². The fourth-order valence-corrected chi connectivity index (χ4v) is 3.58. The van der Waals surface area contributed by atoms with Crippen molar-refractivity contribution >= 4 is 17.2 Å². The van der Waals surface area contributed by atoms with E-state index < -0.39 is 0 Å². The lowest BCUT2D eigenvalue weighted by Gasteiger charge is -2.25. The Morgan fingerprint density at radius 2 is 2.44 bits per heavy atom. The van der Waals surface area contributed by atoms with Gasteiger partial charge in [-0.1, -0.05) is 0 Å². The number of hydrogen-bond acceptors (Lipinski definition) is 4. The van der Waals surface area contributed by atoms with E-state index in [4.69, 9.17) is 5.73 Å². The van der Waals surface area contributed by atoms with Crippen molar-refractivity contribution in [1.29, 1.82) is 0 Å². The maximum absolute atomic E-state index is 11.1. The lowest BCUT2D eigenvalue weighted by atomic mass is 10.2. The summed E-state index contributed by atoms with van der Waals surface area (Å²) < 4.78 is 0. The number of aryl methyl sites for hydroxylation is 1. The number of nitrogens with two attached hydrogens (primary N) is 1. The summed E-state index contributed by atoms with van der Waals surface area (Å²) in [5, 5.41) is 2.99. The Balaban J connectivity index is 2.00. The van der Waals surface area contributed by atoms with Crippen molar-refractivity contribution in [2.45, 2.75) is 32.4 Å². The summed E-state index contributed by atoms with van der Waals surface area (Å²) >= 11 is 1.81. The van der Waals surface area contributed by atoms with Crippen LogP contribution in [0.1, 0.15) is 29.1 Å². The van der Waals surface area contributed by atoms with Crippen molar-refractivity contribution in [3.63, 3.8) is 0 Å². The molecule has 3 N–H and O–H groups in total. The van der Waals surface area contributed by atoms with Gasteiger partial charge in [0.15, 0.2) is 0 Å². The summed E-state index contributed by atoms with van der Waals surface area (Å²) in [6, 6.07) is 4.88. The van der Waals surface area contributed by atoms with Crippen LogP contribution in [0.5, 0.6) is 0 Å². The summed E-state index contributed by atoms with van der Waals surface area (Å²) in [5.41, 5.74) is 5.92. The molecule has 1 saturated heterocycles. The number of amides is 1. The van der Waals surface area contributed by atoms with Gasteiger partial charge in [0.05, 0.1) is 6.04 Å². The Hall–Kier alpha value is -0.910. The van der Waals surface area contributed by atoms with Crippen LogP contribution in [-0.4, -0.2) is 36.5 Å². The quantitative estimate of drug-likeness (QED) is 0.863. The van der Waals surface area contributed by atoms with Gasteiger partial charge in [-0.25, -0.2) is 0 Å². The van der Waals surface area contributed by atoms with E-state index in [0.717, 1.165) is 19.5 Å². The van der Waals surface area contributed by atoms with Crippen LogP contribution >= 0.6 is 11.3 Å². The molecule has 5 heteroatoms. The van der Waals surface area contributed by atoms with Crippen LogP contribution in [0.4, 0.5) is 0 Å². The average Bonchev–Trinajstić information content (AvgIpc) is 2.89. The molecule has 0 saturated carbocycles. The highest BCUT2D eigenvalue weighted by Crippen LogP contribution is 2.29. The molecule has 4 nitrogen and oxygen atoms in total. The lowest BCUT2D eigenvalue weighted by molar-refractivity contribution is -0.119. The van der Waals surface area contributed by atoms with Crippen LogP contribution in [0, 0.1) is 6.92 Å². The van der Waals surface area contributed by atoms with Gasteiger partial charge in [-0.3, -0.25) is 9.69 Å². The van der Waals surface area contributed by atoms with Gasteiger partial charge in [0, 0.05) is 42.4 Å². The second kappa shape index (κ2) is 5.82. The Kier molecular flexibility index (Phi) is 4.37. The predicted molar refractivity (Wildman–Crippen MR) is 74.6 cm³/mol. The molecule has 0 aliphatic carbocycles. The van der Waals surface area contributed by atoms with Crippen LogP contribution < -0.4 is 11.1 Å². The summed E-state index contributed by atoms with van der Waals surface area (Å²) in [6.45, 7) is 6.23. The molecule has 1 aromatic rings. The third-order valence-electron chi connectivity index (χ3n) is 3.38. The fraction of sp³-hybridized carbons (Fsp3) is 0.615. The second-order valence-electron chi connectivity index (χ2n) is 4.88. The maximum atomic E-state index is 11.1. The summed E-state index contributed by atoms with van der Waals surface area (Å²) in [5.74, 6) is 0.0538. The van der Waals surface area contributed by atoms with E-state index in [1.54, 1.807) is 6.92 Å². The molecule has 2 rings (SSSR count). The van der Waals surface area contributed by atoms with Gasteiger partial charge in [-0.05, 0) is 25.5 Å². The molecule has 1 amide bonds. The van der Waals surface area contributed by atoms with Crippen LogP contribution in [-0.2, 0) is 4.79 Å². The standard InChI is InChI=1S/C13H21N3OS/c1-9-3-4-13(18-9)12(7-14)16-6-5-11(8-16)15-10(2)17/h3-4,11-12H,5-8,14H2,1-2H3,(H,15,17). The van der Waals surface area contributed by atoms with E-state index in [2.05, 4.69) is 29.3 Å². The molecule has 100 valence electrons. The number of hydrogen-bond donors (Lipinski definition) is 2. The molecule has 0 aromatic carbocycles. The molecule has 2 atom stereocenters. The Morgan fingerprint density at radius 3 is 3.00 bits per heavy atom. The number of nitrogens with one attached hydrogen (secondary N) is 1. The zero-order chi connectivity index (χ0) is 13.1. The van der Waals surface area contributed by atoms with Crippen molar-refractivity contribution < 1.29 is 4.79 Å². The first-order valence-corrected chi connectivity index (χ1v) is 7.19. The monoisotopic (exact) mass is 267 g/mol. The number of nitrogens with zero attached hydrogens (tertiary/aromatic N) is 1. The summed E-state index contributed by atoms with van der Waals surface area (Å²) in [4.78, 5) is 16.1. The predicted octanol–water partition coefficient (Wildman–Crippen LogP) is 1.27. The third-order valence-corrected chi connectivity index (χ3v) is 4.48. The third kappa shape index (κ3) is 3.10. The highest BCUT2D eigenvalue weighted by atomic mass is 32.1. The van der Waals surface area contributed by atoms with Crippen molar-refractivity contribution in [3.8, 4) is 0 Å². The molecule has 18 heavy (non-hydrogen) atoms. The molecule has 1 fully saturated rings. The van der Waals surface area contributed by atoms with E-state index >= 15 is 0 Å². The van der Waals surface area contributed by atoms with E-state index in [9.17, 15) is 4.79 Å². The van der Waals surface area contributed by atoms with Crippen molar-refractivity contribution in [1.82, 2.24) is 10.2 Å². The molecule has 0 bridgehead atoms. The average molecular weight is 267 g/mol. The smallest absolute Gasteiger partial charge is 0.217 e. The Morgan fingerprint density at radius 1 is 1.67 bits per heavy atom. The second-order valence-corrected chi connectivity index (χ2v) is 6.20. The molecule has 1 aliphatic heterocycles. The van der Waals surface area contributed by atoms with Gasteiger partial charge < -0.3 is 11.1 Å². The normalized spacial score (nSPS) is 22.1. The Labute approximate surface area is 112 Å². The first-order valence-electron chi connectivity index (χ1n) is 6.37. The summed E-state index contributed by atoms with van der Waals surface area (Å²) in [6.07, 6.45) is 1.01. The zero-order valence-electron chi connectivity index (χ0n) is 11.0. The minimum atomic E-state index is 0.0538. The highest BCUT2D eigenvalue weighted by molar-refractivity contribution is 7.12. The van der Waals surface area contributed by atoms with Crippen LogP contribution in [0.2, 0.25) is 0 Å². The maximum Gasteiger partial charge on any atom is 0.217 e. The number of carbonyl (C=O) groups is 1. The molecule has 2 unspecified atom stereocenters. The van der Waals surface area contributed by atoms with E-state index in [0.29, 0.717) is 12.6 Å². The number of thiophene rings is 1. The fourth-order valence-electron chi connectivity index (χ4n) is 2.55. The topological polar surface area (TPSA) is 58.4 Å². The molecule has 1 aromatic heterocycles. The minimum absolute atomic E-state index is 0.0538. The number of rotatable bonds is 4. The van der Waals surface area contributed by atoms with Crippen LogP contribution in [0.25, 0.3) is 0 Å². The minimum Gasteiger partial charge on any atom is -0.352 e. The molecule has 2 heterocycles. The molecule has 0 radical (unpaired) electrons. The van der Waals surface area contributed by atoms with E-state index in [1.807, 2.05) is 11.3 Å². The van der Waals surface area contributed by atoms with Crippen molar-refractivity contribution in [2.24, 2.45) is 5.73 Å².